The predicted molar refractivity (Wildman–Crippen MR) is 92.3 cm³/mol. The van der Waals surface area contributed by atoms with Gasteiger partial charge in [-0.3, -0.25) is 24.1 Å². The summed E-state index contributed by atoms with van der Waals surface area (Å²) in [4.78, 5) is 50.1. The Balaban J connectivity index is 1.57. The summed E-state index contributed by atoms with van der Waals surface area (Å²) in [5.74, 6) is -2.17. The lowest BCUT2D eigenvalue weighted by Gasteiger charge is -2.19. The molecule has 2 unspecified atom stereocenters. The first kappa shape index (κ1) is 18.4. The van der Waals surface area contributed by atoms with Crippen molar-refractivity contribution in [3.8, 4) is 0 Å². The fourth-order valence-electron chi connectivity index (χ4n) is 3.92. The average Bonchev–Trinajstić information content (AvgIpc) is 3.03. The molecule has 0 bridgehead atoms. The van der Waals surface area contributed by atoms with Crippen molar-refractivity contribution >= 4 is 23.6 Å². The Hall–Kier alpha value is -2.44. The maximum atomic E-state index is 12.4. The number of Topliss-reactive ketones (excluding diaryl/α,β-unsaturated/α-hetero) is 1. The first-order valence-corrected chi connectivity index (χ1v) is 8.98. The van der Waals surface area contributed by atoms with E-state index in [9.17, 15) is 19.2 Å². The number of fused-ring (bicyclic) bond motifs is 1. The summed E-state index contributed by atoms with van der Waals surface area (Å²) in [7, 11) is 1.86. The molecule has 1 aromatic heterocycles. The zero-order chi connectivity index (χ0) is 19.0. The Kier molecular flexibility index (Phi) is 4.98. The van der Waals surface area contributed by atoms with Gasteiger partial charge in [0.05, 0.1) is 11.8 Å². The van der Waals surface area contributed by atoms with Gasteiger partial charge in [0.1, 0.15) is 6.54 Å². The topological polar surface area (TPSA) is 85.7 Å². The van der Waals surface area contributed by atoms with Crippen LogP contribution in [0.25, 0.3) is 0 Å². The van der Waals surface area contributed by atoms with Crippen molar-refractivity contribution in [2.24, 2.45) is 18.9 Å². The van der Waals surface area contributed by atoms with E-state index in [-0.39, 0.29) is 29.4 Å². The Morgan fingerprint density at radius 2 is 1.69 bits per heavy atom. The second-order valence-corrected chi connectivity index (χ2v) is 7.19. The summed E-state index contributed by atoms with van der Waals surface area (Å²) in [6.45, 7) is 2.90. The van der Waals surface area contributed by atoms with Crippen LogP contribution in [0.1, 0.15) is 47.4 Å². The van der Waals surface area contributed by atoms with Crippen LogP contribution < -0.4 is 0 Å². The van der Waals surface area contributed by atoms with Gasteiger partial charge >= 0.3 is 5.97 Å². The van der Waals surface area contributed by atoms with Crippen LogP contribution in [-0.4, -0.2) is 46.2 Å². The lowest BCUT2D eigenvalue weighted by molar-refractivity contribution is -0.152. The van der Waals surface area contributed by atoms with Crippen molar-refractivity contribution in [1.82, 2.24) is 9.47 Å². The second kappa shape index (κ2) is 7.05. The van der Waals surface area contributed by atoms with Gasteiger partial charge in [-0.15, -0.1) is 0 Å². The molecule has 2 aliphatic rings. The maximum Gasteiger partial charge on any atom is 0.326 e. The number of hydrogen-bond acceptors (Lipinski definition) is 5. The Morgan fingerprint density at radius 1 is 1.12 bits per heavy atom. The number of nitrogens with zero attached hydrogens (tertiary/aromatic N) is 2. The van der Waals surface area contributed by atoms with Gasteiger partial charge < -0.3 is 9.30 Å². The molecule has 3 rings (SSSR count). The lowest BCUT2D eigenvalue weighted by atomic mass is 9.81. The SMILES string of the molecule is Cc1cc(C(=O)COC(=O)CN2C(=O)C3CCCCC3C2=O)c(C)n1C. The van der Waals surface area contributed by atoms with Crippen molar-refractivity contribution in [2.45, 2.75) is 39.5 Å². The van der Waals surface area contributed by atoms with Gasteiger partial charge in [0.2, 0.25) is 17.6 Å². The molecular formula is C19H24N2O5. The van der Waals surface area contributed by atoms with Crippen LogP contribution in [0.2, 0.25) is 0 Å². The highest BCUT2D eigenvalue weighted by molar-refractivity contribution is 6.07. The summed E-state index contributed by atoms with van der Waals surface area (Å²) in [6.07, 6.45) is 3.27. The van der Waals surface area contributed by atoms with Gasteiger partial charge in [0.25, 0.3) is 0 Å². The molecular weight excluding hydrogens is 336 g/mol. The molecule has 1 aliphatic carbocycles. The van der Waals surface area contributed by atoms with Crippen molar-refractivity contribution in [3.63, 3.8) is 0 Å². The molecule has 0 aromatic carbocycles. The zero-order valence-electron chi connectivity index (χ0n) is 15.4. The molecule has 7 heteroatoms. The van der Waals surface area contributed by atoms with E-state index in [0.717, 1.165) is 29.1 Å². The fourth-order valence-corrected chi connectivity index (χ4v) is 3.92. The Labute approximate surface area is 152 Å². The van der Waals surface area contributed by atoms with E-state index in [1.54, 1.807) is 6.07 Å². The minimum Gasteiger partial charge on any atom is -0.456 e. The molecule has 1 aromatic rings. The van der Waals surface area contributed by atoms with Crippen LogP contribution in [-0.2, 0) is 26.2 Å². The monoisotopic (exact) mass is 360 g/mol. The normalized spacial score (nSPS) is 22.5. The van der Waals surface area contributed by atoms with Crippen LogP contribution in [0.15, 0.2) is 6.07 Å². The molecule has 140 valence electrons. The van der Waals surface area contributed by atoms with E-state index in [4.69, 9.17) is 4.74 Å². The number of ether oxygens (including phenoxy) is 1. The summed E-state index contributed by atoms with van der Waals surface area (Å²) >= 11 is 0. The molecule has 7 nitrogen and oxygen atoms in total. The maximum absolute atomic E-state index is 12.4. The summed E-state index contributed by atoms with van der Waals surface area (Å²) < 4.78 is 6.92. The minimum atomic E-state index is -0.732. The number of rotatable bonds is 5. The quantitative estimate of drug-likeness (QED) is 0.452. The van der Waals surface area contributed by atoms with Crippen molar-refractivity contribution in [2.75, 3.05) is 13.2 Å². The number of ketones is 1. The van der Waals surface area contributed by atoms with E-state index < -0.39 is 19.1 Å². The number of amides is 2. The second-order valence-electron chi connectivity index (χ2n) is 7.19. The van der Waals surface area contributed by atoms with Crippen molar-refractivity contribution in [3.05, 3.63) is 23.0 Å². The molecule has 0 N–H and O–H groups in total. The third kappa shape index (κ3) is 3.18. The predicted octanol–water partition coefficient (Wildman–Crippen LogP) is 1.54. The van der Waals surface area contributed by atoms with Gasteiger partial charge in [-0.2, -0.15) is 0 Å². The highest BCUT2D eigenvalue weighted by Crippen LogP contribution is 2.37. The van der Waals surface area contributed by atoms with E-state index in [2.05, 4.69) is 0 Å². The molecule has 1 aliphatic heterocycles. The number of hydrogen-bond donors (Lipinski definition) is 0. The molecule has 0 radical (unpaired) electrons. The fraction of sp³-hybridized carbons (Fsp3) is 0.579. The zero-order valence-corrected chi connectivity index (χ0v) is 15.4. The highest BCUT2D eigenvalue weighted by Gasteiger charge is 2.48. The molecule has 2 atom stereocenters. The molecule has 26 heavy (non-hydrogen) atoms. The van der Waals surface area contributed by atoms with Gasteiger partial charge in [0, 0.05) is 24.0 Å². The third-order valence-electron chi connectivity index (χ3n) is 5.66. The van der Waals surface area contributed by atoms with Crippen molar-refractivity contribution in [1.29, 1.82) is 0 Å². The van der Waals surface area contributed by atoms with E-state index >= 15 is 0 Å². The molecule has 1 saturated heterocycles. The van der Waals surface area contributed by atoms with Gasteiger partial charge in [-0.1, -0.05) is 12.8 Å². The summed E-state index contributed by atoms with van der Waals surface area (Å²) in [5.41, 5.74) is 2.25. The van der Waals surface area contributed by atoms with Crippen molar-refractivity contribution < 1.29 is 23.9 Å². The molecule has 2 heterocycles. The molecule has 2 amide bonds. The van der Waals surface area contributed by atoms with Crippen LogP contribution >= 0.6 is 0 Å². The van der Waals surface area contributed by atoms with Crippen LogP contribution in [0.5, 0.6) is 0 Å². The summed E-state index contributed by atoms with van der Waals surface area (Å²) in [5, 5.41) is 0. The van der Waals surface area contributed by atoms with E-state index in [1.807, 2.05) is 25.5 Å². The van der Waals surface area contributed by atoms with E-state index in [1.165, 1.54) is 0 Å². The number of aryl methyl sites for hydroxylation is 1. The number of carbonyl (C=O) groups excluding carboxylic acids is 4. The smallest absolute Gasteiger partial charge is 0.326 e. The minimum absolute atomic E-state index is 0.280. The van der Waals surface area contributed by atoms with Gasteiger partial charge in [-0.05, 0) is 32.8 Å². The first-order chi connectivity index (χ1) is 12.3. The van der Waals surface area contributed by atoms with E-state index in [0.29, 0.717) is 18.4 Å². The van der Waals surface area contributed by atoms with Crippen LogP contribution in [0, 0.1) is 25.7 Å². The first-order valence-electron chi connectivity index (χ1n) is 8.98. The number of likely N-dealkylation sites (tertiary alicyclic amines) is 1. The molecule has 1 saturated carbocycles. The number of aromatic nitrogens is 1. The number of carbonyl (C=O) groups is 4. The number of imide groups is 1. The van der Waals surface area contributed by atoms with Crippen LogP contribution in [0.4, 0.5) is 0 Å². The average molecular weight is 360 g/mol. The standard InChI is InChI=1S/C19H24N2O5/c1-11-8-15(12(2)20(11)3)16(22)10-26-17(23)9-21-18(24)13-6-4-5-7-14(13)19(21)25/h8,13-14H,4-7,9-10H2,1-3H3. The number of esters is 1. The van der Waals surface area contributed by atoms with Crippen LogP contribution in [0.3, 0.4) is 0 Å². The highest BCUT2D eigenvalue weighted by atomic mass is 16.5. The Morgan fingerprint density at radius 3 is 2.19 bits per heavy atom. The summed E-state index contributed by atoms with van der Waals surface area (Å²) in [6, 6.07) is 1.75. The largest absolute Gasteiger partial charge is 0.456 e. The van der Waals surface area contributed by atoms with Gasteiger partial charge in [0.15, 0.2) is 6.61 Å². The third-order valence-corrected chi connectivity index (χ3v) is 5.66. The molecule has 2 fully saturated rings. The molecule has 0 spiro atoms. The van der Waals surface area contributed by atoms with Gasteiger partial charge in [-0.25, -0.2) is 0 Å². The Bertz CT molecular complexity index is 755. The lowest BCUT2D eigenvalue weighted by Crippen LogP contribution is -2.37.